The van der Waals surface area contributed by atoms with Crippen molar-refractivity contribution in [3.63, 3.8) is 0 Å². The Morgan fingerprint density at radius 2 is 1.73 bits per heavy atom. The van der Waals surface area contributed by atoms with E-state index in [2.05, 4.69) is 20.6 Å². The van der Waals surface area contributed by atoms with E-state index in [1.165, 1.54) is 0 Å². The van der Waals surface area contributed by atoms with Gasteiger partial charge in [-0.25, -0.2) is 0 Å². The molecule has 0 fully saturated rings. The summed E-state index contributed by atoms with van der Waals surface area (Å²) in [5.74, 6) is 0.753. The minimum absolute atomic E-state index is 0.129. The van der Waals surface area contributed by atoms with Crippen LogP contribution in [0.3, 0.4) is 0 Å². The topological polar surface area (TPSA) is 84.1 Å². The molecule has 4 aromatic rings. The van der Waals surface area contributed by atoms with E-state index in [4.69, 9.17) is 4.52 Å². The molecule has 1 amide bonds. The monoisotopic (exact) mass is 399 g/mol. The Bertz CT molecular complexity index is 1070. The predicted molar refractivity (Wildman–Crippen MR) is 113 cm³/mol. The Morgan fingerprint density at radius 3 is 2.47 bits per heavy atom. The van der Waals surface area contributed by atoms with Crippen molar-refractivity contribution >= 4 is 11.6 Å². The highest BCUT2D eigenvalue weighted by atomic mass is 16.5. The third-order valence-electron chi connectivity index (χ3n) is 4.46. The number of hydrazine groups is 1. The zero-order chi connectivity index (χ0) is 20.6. The lowest BCUT2D eigenvalue weighted by atomic mass is 10.2. The van der Waals surface area contributed by atoms with Gasteiger partial charge in [-0.1, -0.05) is 53.7 Å². The van der Waals surface area contributed by atoms with Gasteiger partial charge in [-0.2, -0.15) is 4.98 Å². The van der Waals surface area contributed by atoms with Gasteiger partial charge in [0.25, 0.3) is 0 Å². The molecule has 0 aliphatic rings. The largest absolute Gasteiger partial charge is 0.339 e. The van der Waals surface area contributed by atoms with Crippen molar-refractivity contribution in [3.05, 3.63) is 96.6 Å². The van der Waals surface area contributed by atoms with Crippen LogP contribution in [0, 0.1) is 0 Å². The maximum absolute atomic E-state index is 12.6. The van der Waals surface area contributed by atoms with Crippen LogP contribution in [0.5, 0.6) is 0 Å². The maximum atomic E-state index is 12.6. The number of hydrogen-bond acceptors (Lipinski definition) is 6. The first-order valence-electron chi connectivity index (χ1n) is 9.67. The molecule has 0 saturated heterocycles. The molecule has 150 valence electrons. The average molecular weight is 399 g/mol. The van der Waals surface area contributed by atoms with Crippen LogP contribution in [0.15, 0.2) is 89.7 Å². The van der Waals surface area contributed by atoms with Crippen LogP contribution in [0.1, 0.15) is 17.9 Å². The summed E-state index contributed by atoms with van der Waals surface area (Å²) in [5, 5.41) is 5.80. The van der Waals surface area contributed by atoms with Gasteiger partial charge in [0.05, 0.1) is 12.2 Å². The summed E-state index contributed by atoms with van der Waals surface area (Å²) in [7, 11) is 0. The number of pyridine rings is 1. The molecule has 2 aromatic heterocycles. The normalized spacial score (nSPS) is 10.5. The summed E-state index contributed by atoms with van der Waals surface area (Å²) in [5.41, 5.74) is 5.76. The first kappa shape index (κ1) is 19.3. The Balaban J connectivity index is 1.39. The predicted octanol–water partition coefficient (Wildman–Crippen LogP) is 3.80. The van der Waals surface area contributed by atoms with E-state index in [1.807, 2.05) is 77.8 Å². The summed E-state index contributed by atoms with van der Waals surface area (Å²) in [6.07, 6.45) is 3.94. The average Bonchev–Trinajstić information content (AvgIpc) is 3.28. The van der Waals surface area contributed by atoms with Gasteiger partial charge in [0.1, 0.15) is 0 Å². The van der Waals surface area contributed by atoms with Crippen LogP contribution < -0.4 is 10.4 Å². The van der Waals surface area contributed by atoms with Crippen molar-refractivity contribution in [1.82, 2.24) is 20.6 Å². The molecule has 0 aliphatic heterocycles. The Kier molecular flexibility index (Phi) is 6.10. The molecule has 0 saturated carbocycles. The van der Waals surface area contributed by atoms with Gasteiger partial charge in [0, 0.05) is 30.8 Å². The standard InChI is InChI=1S/C23H21N5O2/c29-21(13-14-22-25-23(27-30-22)19-10-7-15-24-16-19)26-28(20-11-5-2-6-12-20)17-18-8-3-1-4-9-18/h1-12,15-16H,13-14,17H2,(H,26,29). The minimum Gasteiger partial charge on any atom is -0.339 e. The molecule has 7 nitrogen and oxygen atoms in total. The number of hydrogen-bond donors (Lipinski definition) is 1. The molecule has 0 bridgehead atoms. The molecule has 0 spiro atoms. The summed E-state index contributed by atoms with van der Waals surface area (Å²) in [6.45, 7) is 0.558. The summed E-state index contributed by atoms with van der Waals surface area (Å²) in [4.78, 5) is 21.0. The van der Waals surface area contributed by atoms with Crippen molar-refractivity contribution in [2.75, 3.05) is 5.01 Å². The summed E-state index contributed by atoms with van der Waals surface area (Å²) >= 11 is 0. The number of carbonyl (C=O) groups excluding carboxylic acids is 1. The third kappa shape index (κ3) is 5.08. The maximum Gasteiger partial charge on any atom is 0.239 e. The lowest BCUT2D eigenvalue weighted by Gasteiger charge is -2.25. The van der Waals surface area contributed by atoms with E-state index in [0.29, 0.717) is 24.7 Å². The van der Waals surface area contributed by atoms with Crippen molar-refractivity contribution in [2.24, 2.45) is 0 Å². The van der Waals surface area contributed by atoms with E-state index in [1.54, 1.807) is 12.4 Å². The lowest BCUT2D eigenvalue weighted by molar-refractivity contribution is -0.121. The molecule has 0 radical (unpaired) electrons. The molecule has 2 aromatic carbocycles. The zero-order valence-corrected chi connectivity index (χ0v) is 16.3. The fourth-order valence-corrected chi connectivity index (χ4v) is 2.96. The number of aromatic nitrogens is 3. The van der Waals surface area contributed by atoms with Crippen molar-refractivity contribution in [3.8, 4) is 11.4 Å². The van der Waals surface area contributed by atoms with Crippen LogP contribution >= 0.6 is 0 Å². The molecule has 0 unspecified atom stereocenters. The molecule has 7 heteroatoms. The minimum atomic E-state index is -0.129. The van der Waals surface area contributed by atoms with Crippen LogP contribution in [0.25, 0.3) is 11.4 Å². The van der Waals surface area contributed by atoms with Crippen molar-refractivity contribution in [1.29, 1.82) is 0 Å². The Hall–Kier alpha value is -4.00. The number of para-hydroxylation sites is 1. The number of nitrogens with zero attached hydrogens (tertiary/aromatic N) is 4. The van der Waals surface area contributed by atoms with Gasteiger partial charge < -0.3 is 4.52 Å². The summed E-state index contributed by atoms with van der Waals surface area (Å²) < 4.78 is 5.27. The van der Waals surface area contributed by atoms with Gasteiger partial charge in [-0.05, 0) is 29.8 Å². The van der Waals surface area contributed by atoms with E-state index < -0.39 is 0 Å². The highest BCUT2D eigenvalue weighted by Crippen LogP contribution is 2.16. The second-order valence-electron chi connectivity index (χ2n) is 6.70. The quantitative estimate of drug-likeness (QED) is 0.454. The fourth-order valence-electron chi connectivity index (χ4n) is 2.96. The fraction of sp³-hybridized carbons (Fsp3) is 0.130. The van der Waals surface area contributed by atoms with E-state index in [9.17, 15) is 4.79 Å². The van der Waals surface area contributed by atoms with Gasteiger partial charge in [0.2, 0.25) is 17.6 Å². The van der Waals surface area contributed by atoms with Crippen molar-refractivity contribution in [2.45, 2.75) is 19.4 Å². The molecule has 4 rings (SSSR count). The van der Waals surface area contributed by atoms with Crippen LogP contribution in [-0.2, 0) is 17.8 Å². The number of benzene rings is 2. The van der Waals surface area contributed by atoms with E-state index in [0.717, 1.165) is 16.8 Å². The van der Waals surface area contributed by atoms with Gasteiger partial charge >= 0.3 is 0 Å². The molecule has 0 atom stereocenters. The SMILES string of the molecule is O=C(CCc1nc(-c2cccnc2)no1)NN(Cc1ccccc1)c1ccccc1. The smallest absolute Gasteiger partial charge is 0.239 e. The molecular weight excluding hydrogens is 378 g/mol. The molecule has 2 heterocycles. The first-order chi connectivity index (χ1) is 14.8. The lowest BCUT2D eigenvalue weighted by Crippen LogP contribution is -2.42. The highest BCUT2D eigenvalue weighted by molar-refractivity contribution is 5.78. The number of anilines is 1. The Morgan fingerprint density at radius 1 is 0.967 bits per heavy atom. The second kappa shape index (κ2) is 9.47. The highest BCUT2D eigenvalue weighted by Gasteiger charge is 2.14. The number of aryl methyl sites for hydroxylation is 1. The van der Waals surface area contributed by atoms with Crippen LogP contribution in [-0.4, -0.2) is 21.0 Å². The number of rotatable bonds is 8. The van der Waals surface area contributed by atoms with Crippen LogP contribution in [0.2, 0.25) is 0 Å². The molecular formula is C23H21N5O2. The molecule has 1 N–H and O–H groups in total. The van der Waals surface area contributed by atoms with Gasteiger partial charge in [0.15, 0.2) is 0 Å². The molecule has 30 heavy (non-hydrogen) atoms. The van der Waals surface area contributed by atoms with Crippen molar-refractivity contribution < 1.29 is 9.32 Å². The first-order valence-corrected chi connectivity index (χ1v) is 9.67. The summed E-state index contributed by atoms with van der Waals surface area (Å²) in [6, 6.07) is 23.4. The van der Waals surface area contributed by atoms with Crippen LogP contribution in [0.4, 0.5) is 5.69 Å². The third-order valence-corrected chi connectivity index (χ3v) is 4.46. The van der Waals surface area contributed by atoms with E-state index >= 15 is 0 Å². The Labute approximate surface area is 174 Å². The second-order valence-corrected chi connectivity index (χ2v) is 6.70. The van der Waals surface area contributed by atoms with E-state index in [-0.39, 0.29) is 12.3 Å². The van der Waals surface area contributed by atoms with Gasteiger partial charge in [-0.3, -0.25) is 20.2 Å². The zero-order valence-electron chi connectivity index (χ0n) is 16.3. The van der Waals surface area contributed by atoms with Gasteiger partial charge in [-0.15, -0.1) is 0 Å². The molecule has 0 aliphatic carbocycles. The number of carbonyl (C=O) groups is 1. The number of nitrogens with one attached hydrogen (secondary N) is 1. The number of amides is 1.